The number of hydrogen-bond acceptors (Lipinski definition) is 3. The van der Waals surface area contributed by atoms with Crippen molar-refractivity contribution in [3.63, 3.8) is 0 Å². The number of rotatable bonds is 5. The molecule has 3 nitrogen and oxygen atoms in total. The highest BCUT2D eigenvalue weighted by molar-refractivity contribution is 5.45. The van der Waals surface area contributed by atoms with E-state index in [1.807, 2.05) is 7.05 Å². The Kier molecular flexibility index (Phi) is 3.80. The molecule has 1 heterocycles. The average Bonchev–Trinajstić information content (AvgIpc) is 2.78. The molecule has 0 radical (unpaired) electrons. The van der Waals surface area contributed by atoms with Crippen molar-refractivity contribution < 1.29 is 9.47 Å². The van der Waals surface area contributed by atoms with Crippen LogP contribution in [0.3, 0.4) is 0 Å². The number of fused-ring (bicyclic) bond motifs is 1. The van der Waals surface area contributed by atoms with Crippen LogP contribution in [-0.4, -0.2) is 27.4 Å². The van der Waals surface area contributed by atoms with E-state index in [1.54, 1.807) is 7.11 Å². The van der Waals surface area contributed by atoms with Crippen LogP contribution in [0.15, 0.2) is 18.2 Å². The van der Waals surface area contributed by atoms with Crippen molar-refractivity contribution in [2.24, 2.45) is 0 Å². The van der Waals surface area contributed by atoms with Crippen molar-refractivity contribution in [3.8, 4) is 5.75 Å². The quantitative estimate of drug-likeness (QED) is 0.824. The molecule has 2 rings (SSSR count). The van der Waals surface area contributed by atoms with Crippen LogP contribution < -0.4 is 10.1 Å². The van der Waals surface area contributed by atoms with Crippen molar-refractivity contribution in [1.82, 2.24) is 5.32 Å². The Morgan fingerprint density at radius 3 is 3.12 bits per heavy atom. The Labute approximate surface area is 96.8 Å². The molecule has 1 unspecified atom stereocenters. The molecule has 1 aliphatic heterocycles. The van der Waals surface area contributed by atoms with Gasteiger partial charge >= 0.3 is 0 Å². The molecule has 0 aliphatic carbocycles. The molecular weight excluding hydrogens is 202 g/mol. The minimum absolute atomic E-state index is 0.313. The van der Waals surface area contributed by atoms with Crippen molar-refractivity contribution in [1.29, 1.82) is 0 Å². The summed E-state index contributed by atoms with van der Waals surface area (Å²) < 4.78 is 10.8. The standard InChI is InChI=1S/C13H19NO2/c1-14-12(7-8-15-2)11-5-3-4-10-6-9-16-13(10)11/h3-5,12,14H,6-9H2,1-2H3. The van der Waals surface area contributed by atoms with Crippen LogP contribution in [0.2, 0.25) is 0 Å². The van der Waals surface area contributed by atoms with Crippen LogP contribution in [-0.2, 0) is 11.2 Å². The Hall–Kier alpha value is -1.06. The van der Waals surface area contributed by atoms with Gasteiger partial charge in [0.15, 0.2) is 0 Å². The highest BCUT2D eigenvalue weighted by atomic mass is 16.5. The van der Waals surface area contributed by atoms with Gasteiger partial charge in [-0.1, -0.05) is 18.2 Å². The Morgan fingerprint density at radius 1 is 1.50 bits per heavy atom. The van der Waals surface area contributed by atoms with Gasteiger partial charge in [-0.15, -0.1) is 0 Å². The number of benzene rings is 1. The van der Waals surface area contributed by atoms with E-state index in [0.717, 1.165) is 31.8 Å². The lowest BCUT2D eigenvalue weighted by atomic mass is 10.00. The maximum atomic E-state index is 5.71. The smallest absolute Gasteiger partial charge is 0.127 e. The lowest BCUT2D eigenvalue weighted by Crippen LogP contribution is -2.18. The molecule has 1 aliphatic rings. The number of para-hydroxylation sites is 1. The summed E-state index contributed by atoms with van der Waals surface area (Å²) >= 11 is 0. The van der Waals surface area contributed by atoms with Gasteiger partial charge in [0.2, 0.25) is 0 Å². The summed E-state index contributed by atoms with van der Waals surface area (Å²) in [7, 11) is 3.72. The Bertz CT molecular complexity index is 352. The summed E-state index contributed by atoms with van der Waals surface area (Å²) in [5, 5.41) is 3.32. The molecule has 0 bridgehead atoms. The highest BCUT2D eigenvalue weighted by Crippen LogP contribution is 2.34. The highest BCUT2D eigenvalue weighted by Gasteiger charge is 2.20. The van der Waals surface area contributed by atoms with Crippen LogP contribution >= 0.6 is 0 Å². The molecule has 1 aromatic rings. The molecule has 0 saturated carbocycles. The van der Waals surface area contributed by atoms with Crippen LogP contribution in [0.25, 0.3) is 0 Å². The summed E-state index contributed by atoms with van der Waals surface area (Å²) in [5.41, 5.74) is 2.59. The van der Waals surface area contributed by atoms with E-state index in [-0.39, 0.29) is 0 Å². The van der Waals surface area contributed by atoms with Gasteiger partial charge in [0.25, 0.3) is 0 Å². The van der Waals surface area contributed by atoms with Crippen molar-refractivity contribution >= 4 is 0 Å². The van der Waals surface area contributed by atoms with Gasteiger partial charge in [-0.3, -0.25) is 0 Å². The molecule has 0 fully saturated rings. The zero-order valence-electron chi connectivity index (χ0n) is 9.95. The minimum atomic E-state index is 0.313. The van der Waals surface area contributed by atoms with Crippen LogP contribution in [0.4, 0.5) is 0 Å². The normalized spacial score (nSPS) is 15.6. The fraction of sp³-hybridized carbons (Fsp3) is 0.538. The van der Waals surface area contributed by atoms with Gasteiger partial charge < -0.3 is 14.8 Å². The first-order chi connectivity index (χ1) is 7.86. The lowest BCUT2D eigenvalue weighted by molar-refractivity contribution is 0.183. The molecule has 0 aromatic heterocycles. The second-order valence-corrected chi connectivity index (χ2v) is 4.06. The van der Waals surface area contributed by atoms with E-state index in [4.69, 9.17) is 9.47 Å². The van der Waals surface area contributed by atoms with Crippen molar-refractivity contribution in [2.75, 3.05) is 27.4 Å². The summed E-state index contributed by atoms with van der Waals surface area (Å²) in [6.45, 7) is 1.57. The molecule has 1 N–H and O–H groups in total. The van der Waals surface area contributed by atoms with Crippen LogP contribution in [0, 0.1) is 0 Å². The van der Waals surface area contributed by atoms with Gasteiger partial charge in [0.1, 0.15) is 5.75 Å². The first kappa shape index (κ1) is 11.4. The average molecular weight is 221 g/mol. The zero-order valence-corrected chi connectivity index (χ0v) is 9.95. The second-order valence-electron chi connectivity index (χ2n) is 4.06. The van der Waals surface area contributed by atoms with E-state index < -0.39 is 0 Å². The molecule has 1 aromatic carbocycles. The Balaban J connectivity index is 2.21. The van der Waals surface area contributed by atoms with E-state index in [0.29, 0.717) is 6.04 Å². The van der Waals surface area contributed by atoms with Gasteiger partial charge in [-0.05, 0) is 19.0 Å². The summed E-state index contributed by atoms with van der Waals surface area (Å²) in [6, 6.07) is 6.71. The van der Waals surface area contributed by atoms with E-state index >= 15 is 0 Å². The minimum Gasteiger partial charge on any atom is -0.493 e. The predicted molar refractivity (Wildman–Crippen MR) is 63.9 cm³/mol. The summed E-state index contributed by atoms with van der Waals surface area (Å²) in [5.74, 6) is 1.08. The van der Waals surface area contributed by atoms with Crippen LogP contribution in [0.5, 0.6) is 5.75 Å². The number of methoxy groups -OCH3 is 1. The largest absolute Gasteiger partial charge is 0.493 e. The third-order valence-corrected chi connectivity index (χ3v) is 3.08. The second kappa shape index (κ2) is 5.32. The number of ether oxygens (including phenoxy) is 2. The lowest BCUT2D eigenvalue weighted by Gasteiger charge is -2.18. The summed E-state index contributed by atoms with van der Waals surface area (Å²) in [4.78, 5) is 0. The van der Waals surface area contributed by atoms with Gasteiger partial charge in [0.05, 0.1) is 6.61 Å². The van der Waals surface area contributed by atoms with E-state index in [1.165, 1.54) is 11.1 Å². The molecule has 16 heavy (non-hydrogen) atoms. The fourth-order valence-corrected chi connectivity index (χ4v) is 2.21. The number of hydrogen-bond donors (Lipinski definition) is 1. The van der Waals surface area contributed by atoms with E-state index in [9.17, 15) is 0 Å². The molecule has 0 saturated heterocycles. The first-order valence-electron chi connectivity index (χ1n) is 5.77. The molecular formula is C13H19NO2. The van der Waals surface area contributed by atoms with E-state index in [2.05, 4.69) is 23.5 Å². The first-order valence-corrected chi connectivity index (χ1v) is 5.77. The summed E-state index contributed by atoms with van der Waals surface area (Å²) in [6.07, 6.45) is 2.00. The van der Waals surface area contributed by atoms with Crippen molar-refractivity contribution in [3.05, 3.63) is 29.3 Å². The SMILES string of the molecule is CNC(CCOC)c1cccc2c1OCC2. The fourth-order valence-electron chi connectivity index (χ4n) is 2.21. The third-order valence-electron chi connectivity index (χ3n) is 3.08. The number of nitrogens with one attached hydrogen (secondary N) is 1. The maximum Gasteiger partial charge on any atom is 0.127 e. The molecule has 0 amide bonds. The van der Waals surface area contributed by atoms with Crippen LogP contribution in [0.1, 0.15) is 23.6 Å². The molecule has 3 heteroatoms. The third kappa shape index (κ3) is 2.20. The maximum absolute atomic E-state index is 5.71. The topological polar surface area (TPSA) is 30.5 Å². The van der Waals surface area contributed by atoms with Gasteiger partial charge in [-0.25, -0.2) is 0 Å². The predicted octanol–water partition coefficient (Wildman–Crippen LogP) is 1.92. The molecule has 88 valence electrons. The monoisotopic (exact) mass is 221 g/mol. The molecule has 0 spiro atoms. The van der Waals surface area contributed by atoms with Gasteiger partial charge in [-0.2, -0.15) is 0 Å². The molecule has 1 atom stereocenters. The van der Waals surface area contributed by atoms with Gasteiger partial charge in [0, 0.05) is 31.7 Å². The van der Waals surface area contributed by atoms with Crippen molar-refractivity contribution in [2.45, 2.75) is 18.9 Å². The zero-order chi connectivity index (χ0) is 11.4. The Morgan fingerprint density at radius 2 is 2.38 bits per heavy atom.